The van der Waals surface area contributed by atoms with Crippen LogP contribution in [-0.2, 0) is 6.54 Å². The van der Waals surface area contributed by atoms with Crippen LogP contribution in [-0.4, -0.2) is 4.98 Å². The summed E-state index contributed by atoms with van der Waals surface area (Å²) in [5.74, 6) is -0.457. The lowest BCUT2D eigenvalue weighted by Crippen LogP contribution is -2.01. The molecule has 0 aliphatic heterocycles. The average molecular weight is 252 g/mol. The zero-order valence-corrected chi connectivity index (χ0v) is 7.30. The molecule has 0 unspecified atom stereocenters. The summed E-state index contributed by atoms with van der Waals surface area (Å²) in [5.41, 5.74) is 6.21. The maximum absolute atomic E-state index is 12.3. The van der Waals surface area contributed by atoms with Gasteiger partial charge in [0.05, 0.1) is 0 Å². The molecule has 2 N–H and O–H groups in total. The first-order valence-electron chi connectivity index (χ1n) is 2.75. The minimum atomic E-state index is -0.457. The SMILES string of the molecule is NCc1ccc(F)nc1I. The number of aromatic nitrogens is 1. The Labute approximate surface area is 71.8 Å². The molecule has 1 rings (SSSR count). The van der Waals surface area contributed by atoms with Crippen molar-refractivity contribution in [2.75, 3.05) is 0 Å². The number of nitrogens with zero attached hydrogens (tertiary/aromatic N) is 1. The molecule has 1 heterocycles. The highest BCUT2D eigenvalue weighted by molar-refractivity contribution is 14.1. The van der Waals surface area contributed by atoms with Gasteiger partial charge in [0.1, 0.15) is 3.70 Å². The van der Waals surface area contributed by atoms with E-state index < -0.39 is 5.95 Å². The second-order valence-corrected chi connectivity index (χ2v) is 2.81. The summed E-state index contributed by atoms with van der Waals surface area (Å²) in [7, 11) is 0. The van der Waals surface area contributed by atoms with E-state index in [9.17, 15) is 4.39 Å². The number of nitrogens with two attached hydrogens (primary N) is 1. The lowest BCUT2D eigenvalue weighted by atomic mass is 10.3. The smallest absolute Gasteiger partial charge is 0.213 e. The van der Waals surface area contributed by atoms with Gasteiger partial charge in [-0.1, -0.05) is 6.07 Å². The molecule has 0 fully saturated rings. The van der Waals surface area contributed by atoms with Crippen LogP contribution >= 0.6 is 22.6 Å². The molecule has 0 aliphatic carbocycles. The standard InChI is InChI=1S/C6H6FIN2/c7-5-2-1-4(3-9)6(8)10-5/h1-2H,3,9H2. The van der Waals surface area contributed by atoms with Crippen LogP contribution in [0.3, 0.4) is 0 Å². The Morgan fingerprint density at radius 1 is 1.60 bits per heavy atom. The predicted octanol–water partition coefficient (Wildman–Crippen LogP) is 1.28. The largest absolute Gasteiger partial charge is 0.326 e. The normalized spacial score (nSPS) is 9.90. The van der Waals surface area contributed by atoms with Crippen molar-refractivity contribution in [3.05, 3.63) is 27.3 Å². The molecule has 0 spiro atoms. The van der Waals surface area contributed by atoms with Gasteiger partial charge in [0.25, 0.3) is 0 Å². The minimum Gasteiger partial charge on any atom is -0.326 e. The summed E-state index contributed by atoms with van der Waals surface area (Å²) in [4.78, 5) is 3.58. The Morgan fingerprint density at radius 3 is 2.80 bits per heavy atom. The molecule has 1 aromatic rings. The Bertz CT molecular complexity index is 239. The number of hydrogen-bond donors (Lipinski definition) is 1. The summed E-state index contributed by atoms with van der Waals surface area (Å²) in [6, 6.07) is 2.95. The monoisotopic (exact) mass is 252 g/mol. The zero-order chi connectivity index (χ0) is 7.56. The van der Waals surface area contributed by atoms with E-state index in [1.54, 1.807) is 6.07 Å². The van der Waals surface area contributed by atoms with Gasteiger partial charge >= 0.3 is 0 Å². The minimum absolute atomic E-state index is 0.408. The summed E-state index contributed by atoms with van der Waals surface area (Å²) in [6.07, 6.45) is 0. The van der Waals surface area contributed by atoms with Gasteiger partial charge in [0, 0.05) is 6.54 Å². The third-order valence-electron chi connectivity index (χ3n) is 1.11. The summed E-state index contributed by atoms with van der Waals surface area (Å²) in [5, 5.41) is 0. The van der Waals surface area contributed by atoms with Crippen LogP contribution in [0, 0.1) is 9.65 Å². The van der Waals surface area contributed by atoms with Crippen molar-refractivity contribution in [3.8, 4) is 0 Å². The molecule has 0 atom stereocenters. The van der Waals surface area contributed by atoms with Crippen molar-refractivity contribution in [2.45, 2.75) is 6.54 Å². The van der Waals surface area contributed by atoms with Gasteiger partial charge in [-0.3, -0.25) is 0 Å². The predicted molar refractivity (Wildman–Crippen MR) is 44.8 cm³/mol. The van der Waals surface area contributed by atoms with Crippen LogP contribution in [0.1, 0.15) is 5.56 Å². The lowest BCUT2D eigenvalue weighted by Gasteiger charge is -1.97. The molecule has 4 heteroatoms. The molecule has 0 saturated heterocycles. The fourth-order valence-electron chi connectivity index (χ4n) is 0.593. The fourth-order valence-corrected chi connectivity index (χ4v) is 1.22. The second-order valence-electron chi connectivity index (χ2n) is 1.79. The van der Waals surface area contributed by atoms with Crippen molar-refractivity contribution in [1.82, 2.24) is 4.98 Å². The van der Waals surface area contributed by atoms with Crippen molar-refractivity contribution in [3.63, 3.8) is 0 Å². The second kappa shape index (κ2) is 3.25. The Morgan fingerprint density at radius 2 is 2.30 bits per heavy atom. The van der Waals surface area contributed by atoms with E-state index in [1.807, 2.05) is 22.6 Å². The third kappa shape index (κ3) is 1.63. The van der Waals surface area contributed by atoms with Crippen LogP contribution in [0.5, 0.6) is 0 Å². The first-order valence-corrected chi connectivity index (χ1v) is 3.83. The number of rotatable bonds is 1. The molecule has 0 saturated carbocycles. The van der Waals surface area contributed by atoms with E-state index in [0.29, 0.717) is 10.2 Å². The van der Waals surface area contributed by atoms with Crippen LogP contribution < -0.4 is 5.73 Å². The average Bonchev–Trinajstić information content (AvgIpc) is 1.88. The van der Waals surface area contributed by atoms with Gasteiger partial charge in [-0.15, -0.1) is 0 Å². The Kier molecular flexibility index (Phi) is 2.56. The Hall–Kier alpha value is -0.230. The molecule has 0 aliphatic rings. The number of halogens is 2. The molecule has 0 aromatic carbocycles. The summed E-state index contributed by atoms with van der Waals surface area (Å²) >= 11 is 1.95. The topological polar surface area (TPSA) is 38.9 Å². The first kappa shape index (κ1) is 7.87. The molecule has 54 valence electrons. The molecule has 0 amide bonds. The quantitative estimate of drug-likeness (QED) is 0.604. The van der Waals surface area contributed by atoms with Crippen LogP contribution in [0.25, 0.3) is 0 Å². The summed E-state index contributed by atoms with van der Waals surface area (Å²) in [6.45, 7) is 0.408. The van der Waals surface area contributed by atoms with E-state index >= 15 is 0 Å². The van der Waals surface area contributed by atoms with Crippen LogP contribution in [0.2, 0.25) is 0 Å². The van der Waals surface area contributed by atoms with Crippen LogP contribution in [0.4, 0.5) is 4.39 Å². The van der Waals surface area contributed by atoms with Gasteiger partial charge < -0.3 is 5.73 Å². The highest BCUT2D eigenvalue weighted by atomic mass is 127. The first-order chi connectivity index (χ1) is 4.74. The van der Waals surface area contributed by atoms with Crippen molar-refractivity contribution < 1.29 is 4.39 Å². The van der Waals surface area contributed by atoms with Gasteiger partial charge in [-0.2, -0.15) is 4.39 Å². The summed E-state index contributed by atoms with van der Waals surface area (Å²) < 4.78 is 13.0. The lowest BCUT2D eigenvalue weighted by molar-refractivity contribution is 0.578. The van der Waals surface area contributed by atoms with Crippen LogP contribution in [0.15, 0.2) is 12.1 Å². The molecule has 2 nitrogen and oxygen atoms in total. The van der Waals surface area contributed by atoms with E-state index in [-0.39, 0.29) is 0 Å². The van der Waals surface area contributed by atoms with E-state index in [2.05, 4.69) is 4.98 Å². The maximum atomic E-state index is 12.3. The zero-order valence-electron chi connectivity index (χ0n) is 5.14. The molecule has 10 heavy (non-hydrogen) atoms. The molecular formula is C6H6FIN2. The number of hydrogen-bond acceptors (Lipinski definition) is 2. The van der Waals surface area contributed by atoms with Gasteiger partial charge in [0.2, 0.25) is 5.95 Å². The van der Waals surface area contributed by atoms with E-state index in [0.717, 1.165) is 5.56 Å². The van der Waals surface area contributed by atoms with E-state index in [4.69, 9.17) is 5.73 Å². The van der Waals surface area contributed by atoms with Crippen molar-refractivity contribution in [2.24, 2.45) is 5.73 Å². The van der Waals surface area contributed by atoms with Crippen molar-refractivity contribution in [1.29, 1.82) is 0 Å². The fraction of sp³-hybridized carbons (Fsp3) is 0.167. The van der Waals surface area contributed by atoms with Gasteiger partial charge in [0.15, 0.2) is 0 Å². The maximum Gasteiger partial charge on any atom is 0.213 e. The van der Waals surface area contributed by atoms with Gasteiger partial charge in [-0.25, -0.2) is 4.98 Å². The Balaban J connectivity index is 3.07. The van der Waals surface area contributed by atoms with E-state index in [1.165, 1.54) is 6.07 Å². The highest BCUT2D eigenvalue weighted by Crippen LogP contribution is 2.08. The molecular weight excluding hydrogens is 246 g/mol. The molecule has 0 radical (unpaired) electrons. The molecule has 1 aromatic heterocycles. The van der Waals surface area contributed by atoms with Gasteiger partial charge in [-0.05, 0) is 34.2 Å². The van der Waals surface area contributed by atoms with Crippen molar-refractivity contribution >= 4 is 22.6 Å². The molecule has 0 bridgehead atoms. The number of pyridine rings is 1. The highest BCUT2D eigenvalue weighted by Gasteiger charge is 1.98. The third-order valence-corrected chi connectivity index (χ3v) is 2.05.